The van der Waals surface area contributed by atoms with Gasteiger partial charge in [0.1, 0.15) is 23.9 Å². The molecule has 3 aromatic carbocycles. The van der Waals surface area contributed by atoms with Crippen molar-refractivity contribution in [3.8, 4) is 11.5 Å². The van der Waals surface area contributed by atoms with Crippen molar-refractivity contribution in [1.82, 2.24) is 14.9 Å². The third kappa shape index (κ3) is 5.76. The molecule has 4 rings (SSSR count). The number of carbonyl (C=O) groups is 1. The molecular weight excluding hydrogens is 426 g/mol. The molecule has 6 heteroatoms. The predicted molar refractivity (Wildman–Crippen MR) is 135 cm³/mol. The summed E-state index contributed by atoms with van der Waals surface area (Å²) >= 11 is 0. The van der Waals surface area contributed by atoms with E-state index in [-0.39, 0.29) is 5.91 Å². The molecule has 0 unspecified atom stereocenters. The highest BCUT2D eigenvalue weighted by atomic mass is 16.5. The minimum Gasteiger partial charge on any atom is -0.497 e. The first-order chi connectivity index (χ1) is 16.5. The molecule has 1 amide bonds. The molecule has 1 N–H and O–H groups in total. The first-order valence-corrected chi connectivity index (χ1v) is 11.6. The summed E-state index contributed by atoms with van der Waals surface area (Å²) in [5, 5.41) is 2.99. The van der Waals surface area contributed by atoms with Gasteiger partial charge in [0.15, 0.2) is 0 Å². The fourth-order valence-corrected chi connectivity index (χ4v) is 4.15. The van der Waals surface area contributed by atoms with E-state index in [1.54, 1.807) is 19.2 Å². The second kappa shape index (κ2) is 10.9. The van der Waals surface area contributed by atoms with Crippen LogP contribution in [0.3, 0.4) is 0 Å². The van der Waals surface area contributed by atoms with Gasteiger partial charge in [-0.1, -0.05) is 24.3 Å². The van der Waals surface area contributed by atoms with Crippen LogP contribution in [0.1, 0.15) is 33.7 Å². The smallest absolute Gasteiger partial charge is 0.251 e. The average Bonchev–Trinajstić information content (AvgIpc) is 3.18. The number of aryl methyl sites for hydroxylation is 3. The topological polar surface area (TPSA) is 65.4 Å². The summed E-state index contributed by atoms with van der Waals surface area (Å²) in [5.41, 5.74) is 5.06. The van der Waals surface area contributed by atoms with Crippen molar-refractivity contribution in [2.45, 2.75) is 33.2 Å². The van der Waals surface area contributed by atoms with E-state index in [9.17, 15) is 4.79 Å². The fraction of sp³-hybridized carbons (Fsp3) is 0.286. The molecule has 1 aromatic heterocycles. The number of amides is 1. The summed E-state index contributed by atoms with van der Waals surface area (Å²) in [4.78, 5) is 17.3. The number of aromatic nitrogens is 2. The first kappa shape index (κ1) is 23.4. The van der Waals surface area contributed by atoms with E-state index >= 15 is 0 Å². The maximum Gasteiger partial charge on any atom is 0.251 e. The molecule has 0 bridgehead atoms. The van der Waals surface area contributed by atoms with Gasteiger partial charge in [-0.25, -0.2) is 4.98 Å². The lowest BCUT2D eigenvalue weighted by atomic mass is 10.1. The van der Waals surface area contributed by atoms with Crippen molar-refractivity contribution in [3.63, 3.8) is 0 Å². The predicted octanol–water partition coefficient (Wildman–Crippen LogP) is 5.10. The summed E-state index contributed by atoms with van der Waals surface area (Å²) in [6.07, 6.45) is 1.55. The van der Waals surface area contributed by atoms with Crippen molar-refractivity contribution < 1.29 is 14.3 Å². The Balaban J connectivity index is 1.37. The number of methoxy groups -OCH3 is 1. The number of benzene rings is 3. The van der Waals surface area contributed by atoms with Crippen LogP contribution in [0, 0.1) is 13.8 Å². The van der Waals surface area contributed by atoms with E-state index in [2.05, 4.69) is 48.0 Å². The van der Waals surface area contributed by atoms with Gasteiger partial charge in [-0.15, -0.1) is 0 Å². The molecule has 1 heterocycles. The normalized spacial score (nSPS) is 10.9. The highest BCUT2D eigenvalue weighted by Crippen LogP contribution is 2.19. The number of imidazole rings is 1. The van der Waals surface area contributed by atoms with Gasteiger partial charge in [0.05, 0.1) is 24.7 Å². The van der Waals surface area contributed by atoms with Crippen LogP contribution in [0.25, 0.3) is 11.0 Å². The molecule has 0 radical (unpaired) electrons. The van der Waals surface area contributed by atoms with Crippen LogP contribution >= 0.6 is 0 Å². The minimum absolute atomic E-state index is 0.103. The Kier molecular flexibility index (Phi) is 7.48. The van der Waals surface area contributed by atoms with E-state index in [0.717, 1.165) is 35.4 Å². The number of ether oxygens (including phenoxy) is 2. The van der Waals surface area contributed by atoms with Gasteiger partial charge in [0.25, 0.3) is 5.91 Å². The Bertz CT molecular complexity index is 1260. The molecule has 0 atom stereocenters. The summed E-state index contributed by atoms with van der Waals surface area (Å²) in [5.74, 6) is 2.46. The maximum absolute atomic E-state index is 12.5. The summed E-state index contributed by atoms with van der Waals surface area (Å²) < 4.78 is 13.5. The highest BCUT2D eigenvalue weighted by molar-refractivity contribution is 5.94. The number of hydrogen-bond donors (Lipinski definition) is 1. The van der Waals surface area contributed by atoms with Crippen molar-refractivity contribution in [2.75, 3.05) is 20.3 Å². The van der Waals surface area contributed by atoms with Gasteiger partial charge < -0.3 is 19.4 Å². The highest BCUT2D eigenvalue weighted by Gasteiger charge is 2.11. The molecular formula is C28H31N3O3. The molecule has 0 saturated carbocycles. The van der Waals surface area contributed by atoms with Crippen LogP contribution < -0.4 is 14.8 Å². The fourth-order valence-electron chi connectivity index (χ4n) is 4.15. The van der Waals surface area contributed by atoms with E-state index in [1.165, 1.54) is 11.1 Å². The van der Waals surface area contributed by atoms with Crippen molar-refractivity contribution in [2.24, 2.45) is 0 Å². The lowest BCUT2D eigenvalue weighted by molar-refractivity contribution is 0.0953. The summed E-state index contributed by atoms with van der Waals surface area (Å²) in [7, 11) is 1.59. The second-order valence-corrected chi connectivity index (χ2v) is 8.43. The van der Waals surface area contributed by atoms with E-state index < -0.39 is 0 Å². The van der Waals surface area contributed by atoms with Crippen LogP contribution in [0.4, 0.5) is 0 Å². The van der Waals surface area contributed by atoms with Gasteiger partial charge in [-0.05, 0) is 73.9 Å². The standard InChI is InChI=1S/C28H31N3O3/c1-20-16-21(2)18-24(17-20)34-15-14-31-26-11-5-4-10-25(26)30-27(31)12-7-13-29-28(32)22-8-6-9-23(19-22)33-3/h4-6,8-11,16-19H,7,12-15H2,1-3H3,(H,29,32). The van der Waals surface area contributed by atoms with Gasteiger partial charge in [-0.2, -0.15) is 0 Å². The van der Waals surface area contributed by atoms with Crippen molar-refractivity contribution in [3.05, 3.63) is 89.2 Å². The molecule has 0 spiro atoms. The molecule has 4 aromatic rings. The van der Waals surface area contributed by atoms with E-state index in [0.29, 0.717) is 31.0 Å². The van der Waals surface area contributed by atoms with Crippen molar-refractivity contribution >= 4 is 16.9 Å². The minimum atomic E-state index is -0.103. The summed E-state index contributed by atoms with van der Waals surface area (Å²) in [6.45, 7) is 5.99. The second-order valence-electron chi connectivity index (χ2n) is 8.43. The number of fused-ring (bicyclic) bond motifs is 1. The van der Waals surface area contributed by atoms with E-state index in [4.69, 9.17) is 14.5 Å². The third-order valence-corrected chi connectivity index (χ3v) is 5.71. The number of carbonyl (C=O) groups excluding carboxylic acids is 1. The summed E-state index contributed by atoms with van der Waals surface area (Å²) in [6, 6.07) is 21.6. The van der Waals surface area contributed by atoms with Gasteiger partial charge in [0.2, 0.25) is 0 Å². The largest absolute Gasteiger partial charge is 0.497 e. The molecule has 0 saturated heterocycles. The van der Waals surface area contributed by atoms with Gasteiger partial charge >= 0.3 is 0 Å². The molecule has 0 aliphatic heterocycles. The number of rotatable bonds is 10. The molecule has 0 aliphatic carbocycles. The average molecular weight is 458 g/mol. The Morgan fingerprint density at radius 2 is 1.76 bits per heavy atom. The van der Waals surface area contributed by atoms with Crippen LogP contribution in [0.15, 0.2) is 66.7 Å². The van der Waals surface area contributed by atoms with Crippen molar-refractivity contribution in [1.29, 1.82) is 0 Å². The number of nitrogens with zero attached hydrogens (tertiary/aromatic N) is 2. The Labute approximate surface area is 200 Å². The van der Waals surface area contributed by atoms with Gasteiger partial charge in [-0.3, -0.25) is 4.79 Å². The zero-order chi connectivity index (χ0) is 23.9. The monoisotopic (exact) mass is 457 g/mol. The SMILES string of the molecule is COc1cccc(C(=O)NCCCc2nc3ccccc3n2CCOc2cc(C)cc(C)c2)c1. The van der Waals surface area contributed by atoms with Crippen LogP contribution in [-0.4, -0.2) is 35.7 Å². The molecule has 34 heavy (non-hydrogen) atoms. The van der Waals surface area contributed by atoms with Gasteiger partial charge in [0, 0.05) is 18.5 Å². The lowest BCUT2D eigenvalue weighted by Crippen LogP contribution is -2.25. The molecule has 0 aliphatic rings. The zero-order valence-corrected chi connectivity index (χ0v) is 20.0. The van der Waals surface area contributed by atoms with Crippen LogP contribution in [0.5, 0.6) is 11.5 Å². The van der Waals surface area contributed by atoms with E-state index in [1.807, 2.05) is 30.3 Å². The quantitative estimate of drug-likeness (QED) is 0.336. The maximum atomic E-state index is 12.5. The Hall–Kier alpha value is -3.80. The third-order valence-electron chi connectivity index (χ3n) is 5.71. The number of nitrogens with one attached hydrogen (secondary N) is 1. The molecule has 6 nitrogen and oxygen atoms in total. The Morgan fingerprint density at radius 3 is 2.56 bits per heavy atom. The molecule has 0 fully saturated rings. The van der Waals surface area contributed by atoms with Crippen LogP contribution in [-0.2, 0) is 13.0 Å². The zero-order valence-electron chi connectivity index (χ0n) is 20.0. The molecule has 176 valence electrons. The first-order valence-electron chi connectivity index (χ1n) is 11.6. The number of para-hydroxylation sites is 2. The Morgan fingerprint density at radius 1 is 0.971 bits per heavy atom. The lowest BCUT2D eigenvalue weighted by Gasteiger charge is -2.12. The van der Waals surface area contributed by atoms with Crippen LogP contribution in [0.2, 0.25) is 0 Å². The number of hydrogen-bond acceptors (Lipinski definition) is 4.